The number of aliphatic hydroxyl groups excluding tert-OH is 2. The van der Waals surface area contributed by atoms with E-state index >= 15 is 0 Å². The number of ether oxygens (including phenoxy) is 2. The molecular weight excluding hydrogens is 627 g/mol. The van der Waals surface area contributed by atoms with Crippen LogP contribution in [0.25, 0.3) is 11.1 Å². The molecule has 0 atom stereocenters. The Balaban J connectivity index is 1.18. The van der Waals surface area contributed by atoms with Crippen molar-refractivity contribution in [3.63, 3.8) is 0 Å². The summed E-state index contributed by atoms with van der Waals surface area (Å²) < 4.78 is 25.9. The van der Waals surface area contributed by atoms with E-state index in [1.807, 2.05) is 48.5 Å². The van der Waals surface area contributed by atoms with Crippen molar-refractivity contribution in [2.75, 3.05) is 0 Å². The van der Waals surface area contributed by atoms with Crippen molar-refractivity contribution in [2.24, 2.45) is 0 Å². The van der Waals surface area contributed by atoms with Gasteiger partial charge in [0.2, 0.25) is 6.29 Å². The van der Waals surface area contributed by atoms with E-state index in [4.69, 9.17) is 21.1 Å². The van der Waals surface area contributed by atoms with E-state index in [1.54, 1.807) is 24.3 Å². The standard InChI is InChI=1S/C34H22ClFN6O5/c35-28-14-13-26(47-33-31(34(44)45)38-42-40-33)17-25(28)10-8-21-4-2-6-24(16-21)23-5-1-3-20(15-23)7-9-22-11-12-27(18-29(22)36)46-32-30(19-43)37-41-39-32/h1-6,11-18,34,43-45H,19H2,(H,37,39,41)(H,38,40,42). The molecule has 4 aromatic carbocycles. The average Bonchev–Trinajstić information content (AvgIpc) is 3.74. The second-order valence-electron chi connectivity index (χ2n) is 9.77. The fraction of sp³-hybridized carbons (Fsp3) is 0.0588. The van der Waals surface area contributed by atoms with Gasteiger partial charge < -0.3 is 24.8 Å². The van der Waals surface area contributed by atoms with Gasteiger partial charge in [-0.3, -0.25) is 0 Å². The zero-order chi connectivity index (χ0) is 32.8. The number of benzene rings is 4. The first-order valence-corrected chi connectivity index (χ1v) is 14.2. The third-order valence-corrected chi connectivity index (χ3v) is 6.90. The predicted octanol–water partition coefficient (Wildman–Crippen LogP) is 5.24. The van der Waals surface area contributed by atoms with Crippen molar-refractivity contribution >= 4 is 11.6 Å². The van der Waals surface area contributed by atoms with Gasteiger partial charge in [-0.25, -0.2) is 4.39 Å². The van der Waals surface area contributed by atoms with Gasteiger partial charge >= 0.3 is 0 Å². The Labute approximate surface area is 271 Å². The molecule has 5 N–H and O–H groups in total. The van der Waals surface area contributed by atoms with Crippen molar-refractivity contribution in [3.05, 3.63) is 129 Å². The van der Waals surface area contributed by atoms with Crippen LogP contribution < -0.4 is 9.47 Å². The fourth-order valence-electron chi connectivity index (χ4n) is 4.28. The topological polar surface area (TPSA) is 162 Å². The van der Waals surface area contributed by atoms with Crippen LogP contribution in [-0.2, 0) is 6.61 Å². The van der Waals surface area contributed by atoms with Crippen molar-refractivity contribution in [1.29, 1.82) is 0 Å². The summed E-state index contributed by atoms with van der Waals surface area (Å²) in [4.78, 5) is 0. The molecule has 0 aliphatic heterocycles. The maximum Gasteiger partial charge on any atom is 0.267 e. The maximum absolute atomic E-state index is 14.8. The normalized spacial score (nSPS) is 10.6. The lowest BCUT2D eigenvalue weighted by molar-refractivity contribution is -0.0470. The molecule has 232 valence electrons. The summed E-state index contributed by atoms with van der Waals surface area (Å²) in [6.45, 7) is -0.374. The fourth-order valence-corrected chi connectivity index (χ4v) is 4.44. The average molecular weight is 649 g/mol. The zero-order valence-corrected chi connectivity index (χ0v) is 24.8. The van der Waals surface area contributed by atoms with Gasteiger partial charge in [0.1, 0.15) is 17.3 Å². The molecule has 2 aromatic heterocycles. The number of hydrogen-bond donors (Lipinski definition) is 5. The van der Waals surface area contributed by atoms with Crippen LogP contribution in [0.5, 0.6) is 23.3 Å². The van der Waals surface area contributed by atoms with Gasteiger partial charge in [0.05, 0.1) is 17.2 Å². The second-order valence-corrected chi connectivity index (χ2v) is 10.2. The maximum atomic E-state index is 14.8. The number of nitrogens with zero attached hydrogens (tertiary/aromatic N) is 4. The summed E-state index contributed by atoms with van der Waals surface area (Å²) in [5, 5.41) is 48.1. The number of rotatable bonds is 7. The number of hydrogen-bond acceptors (Lipinski definition) is 9. The summed E-state index contributed by atoms with van der Waals surface area (Å²) in [6, 6.07) is 24.2. The van der Waals surface area contributed by atoms with Crippen molar-refractivity contribution in [2.45, 2.75) is 12.9 Å². The minimum Gasteiger partial charge on any atom is -0.436 e. The monoisotopic (exact) mass is 648 g/mol. The minimum atomic E-state index is -1.86. The third kappa shape index (κ3) is 7.45. The summed E-state index contributed by atoms with van der Waals surface area (Å²) >= 11 is 6.37. The van der Waals surface area contributed by atoms with Crippen LogP contribution in [0.3, 0.4) is 0 Å². The number of aromatic amines is 2. The molecule has 0 aliphatic carbocycles. The molecule has 0 fully saturated rings. The Morgan fingerprint density at radius 1 is 0.702 bits per heavy atom. The second kappa shape index (κ2) is 14.0. The number of H-pyrrole nitrogens is 2. The van der Waals surface area contributed by atoms with E-state index in [-0.39, 0.29) is 41.1 Å². The number of aliphatic hydroxyl groups is 3. The van der Waals surface area contributed by atoms with Crippen molar-refractivity contribution in [1.82, 2.24) is 30.8 Å². The molecule has 6 aromatic rings. The molecule has 0 saturated heterocycles. The predicted molar refractivity (Wildman–Crippen MR) is 168 cm³/mol. The molecule has 0 amide bonds. The Bertz CT molecular complexity index is 2190. The van der Waals surface area contributed by atoms with Crippen LogP contribution in [0.2, 0.25) is 5.02 Å². The highest BCUT2D eigenvalue weighted by Gasteiger charge is 2.17. The molecule has 47 heavy (non-hydrogen) atoms. The van der Waals surface area contributed by atoms with Crippen LogP contribution in [0.1, 0.15) is 39.9 Å². The zero-order valence-electron chi connectivity index (χ0n) is 24.1. The molecule has 11 nitrogen and oxygen atoms in total. The quantitative estimate of drug-likeness (QED) is 0.115. The van der Waals surface area contributed by atoms with E-state index in [0.29, 0.717) is 21.9 Å². The molecule has 0 aliphatic rings. The van der Waals surface area contributed by atoms with Gasteiger partial charge in [-0.2, -0.15) is 20.6 Å². The minimum absolute atomic E-state index is 0.0598. The highest BCUT2D eigenvalue weighted by molar-refractivity contribution is 6.31. The SMILES string of the molecule is OCc1n[nH]nc1Oc1ccc(C#Cc2cccc(-c3cccc(C#Cc4cc(Oc5n[nH]nc5C(O)O)ccc4Cl)c3)c2)c(F)c1. The lowest BCUT2D eigenvalue weighted by Crippen LogP contribution is -1.98. The molecule has 0 saturated carbocycles. The Kier molecular flexibility index (Phi) is 9.20. The van der Waals surface area contributed by atoms with Crippen molar-refractivity contribution < 1.29 is 29.2 Å². The smallest absolute Gasteiger partial charge is 0.267 e. The van der Waals surface area contributed by atoms with E-state index in [1.165, 1.54) is 12.1 Å². The molecule has 0 unspecified atom stereocenters. The number of nitrogens with one attached hydrogen (secondary N) is 2. The Morgan fingerprint density at radius 2 is 1.32 bits per heavy atom. The van der Waals surface area contributed by atoms with Crippen LogP contribution in [0.15, 0.2) is 84.9 Å². The van der Waals surface area contributed by atoms with Gasteiger partial charge in [-0.05, 0) is 65.7 Å². The number of aromatic nitrogens is 6. The lowest BCUT2D eigenvalue weighted by atomic mass is 10.0. The highest BCUT2D eigenvalue weighted by Crippen LogP contribution is 2.29. The highest BCUT2D eigenvalue weighted by atomic mass is 35.5. The first kappa shape index (κ1) is 31.0. The van der Waals surface area contributed by atoms with Crippen LogP contribution in [-0.4, -0.2) is 46.1 Å². The summed E-state index contributed by atoms with van der Waals surface area (Å²) in [5.74, 6) is 12.0. The van der Waals surface area contributed by atoms with Gasteiger partial charge in [0.25, 0.3) is 11.8 Å². The molecular formula is C34H22ClFN6O5. The molecule has 0 spiro atoms. The molecule has 13 heteroatoms. The van der Waals surface area contributed by atoms with E-state index in [2.05, 4.69) is 54.5 Å². The first-order chi connectivity index (χ1) is 22.9. The van der Waals surface area contributed by atoms with Gasteiger partial charge in [-0.1, -0.05) is 59.5 Å². The molecule has 0 radical (unpaired) electrons. The van der Waals surface area contributed by atoms with Gasteiger partial charge in [0.15, 0.2) is 11.4 Å². The van der Waals surface area contributed by atoms with Crippen LogP contribution in [0.4, 0.5) is 4.39 Å². The summed E-state index contributed by atoms with van der Waals surface area (Å²) in [7, 11) is 0. The molecule has 6 rings (SSSR count). The molecule has 2 heterocycles. The van der Waals surface area contributed by atoms with E-state index in [0.717, 1.165) is 16.7 Å². The largest absolute Gasteiger partial charge is 0.436 e. The van der Waals surface area contributed by atoms with Gasteiger partial charge in [-0.15, -0.1) is 10.2 Å². The van der Waals surface area contributed by atoms with Crippen LogP contribution in [0, 0.1) is 29.5 Å². The third-order valence-electron chi connectivity index (χ3n) is 6.57. The first-order valence-electron chi connectivity index (χ1n) is 13.8. The van der Waals surface area contributed by atoms with Crippen molar-refractivity contribution in [3.8, 4) is 58.1 Å². The number of halogens is 2. The molecule has 0 bridgehead atoms. The van der Waals surface area contributed by atoms with Crippen LogP contribution >= 0.6 is 11.6 Å². The summed E-state index contributed by atoms with van der Waals surface area (Å²) in [5.41, 5.74) is 3.91. The summed E-state index contributed by atoms with van der Waals surface area (Å²) in [6.07, 6.45) is -1.86. The van der Waals surface area contributed by atoms with E-state index in [9.17, 15) is 19.7 Å². The Hall–Kier alpha value is -6.02. The lowest BCUT2D eigenvalue weighted by Gasteiger charge is -2.06. The Morgan fingerprint density at radius 3 is 2.00 bits per heavy atom. The van der Waals surface area contributed by atoms with Gasteiger partial charge in [0, 0.05) is 22.8 Å². The van der Waals surface area contributed by atoms with E-state index < -0.39 is 12.1 Å².